The van der Waals surface area contributed by atoms with Gasteiger partial charge in [-0.15, -0.1) is 0 Å². The van der Waals surface area contributed by atoms with Crippen molar-refractivity contribution in [2.24, 2.45) is 0 Å². The first-order valence-corrected chi connectivity index (χ1v) is 8.76. The van der Waals surface area contributed by atoms with E-state index in [9.17, 15) is 4.79 Å². The number of aryl methyl sites for hydroxylation is 1. The number of anilines is 3. The Labute approximate surface area is 167 Å². The second kappa shape index (κ2) is 8.58. The Kier molecular flexibility index (Phi) is 5.96. The van der Waals surface area contributed by atoms with Gasteiger partial charge < -0.3 is 20.1 Å². The Morgan fingerprint density at radius 1 is 1.00 bits per heavy atom. The Balaban J connectivity index is 1.74. The van der Waals surface area contributed by atoms with Gasteiger partial charge in [-0.3, -0.25) is 4.79 Å². The third-order valence-corrected chi connectivity index (χ3v) is 4.25. The van der Waals surface area contributed by atoms with Crippen LogP contribution in [0.5, 0.6) is 11.5 Å². The lowest BCUT2D eigenvalue weighted by molar-refractivity contribution is 0.102. The molecule has 7 nitrogen and oxygen atoms in total. The van der Waals surface area contributed by atoms with Gasteiger partial charge in [0.25, 0.3) is 5.91 Å². The molecular weight excluding hydrogens is 380 g/mol. The minimum atomic E-state index is -0.364. The molecule has 0 aliphatic rings. The van der Waals surface area contributed by atoms with Crippen LogP contribution in [0.3, 0.4) is 0 Å². The third-order valence-electron chi connectivity index (χ3n) is 4.01. The first-order valence-electron chi connectivity index (χ1n) is 8.38. The quantitative estimate of drug-likeness (QED) is 0.638. The van der Waals surface area contributed by atoms with Gasteiger partial charge in [0.1, 0.15) is 11.5 Å². The van der Waals surface area contributed by atoms with Gasteiger partial charge in [0.05, 0.1) is 25.5 Å². The number of amides is 1. The van der Waals surface area contributed by atoms with Crippen molar-refractivity contribution in [1.29, 1.82) is 0 Å². The lowest BCUT2D eigenvalue weighted by Gasteiger charge is -2.12. The average Bonchev–Trinajstić information content (AvgIpc) is 2.71. The molecule has 0 fully saturated rings. The van der Waals surface area contributed by atoms with E-state index >= 15 is 0 Å². The van der Waals surface area contributed by atoms with Crippen LogP contribution in [0.15, 0.2) is 48.8 Å². The molecule has 0 aliphatic carbocycles. The minimum Gasteiger partial charge on any atom is -0.497 e. The monoisotopic (exact) mass is 398 g/mol. The molecule has 8 heteroatoms. The van der Waals surface area contributed by atoms with Crippen molar-refractivity contribution in [3.8, 4) is 11.5 Å². The van der Waals surface area contributed by atoms with Gasteiger partial charge in [0.2, 0.25) is 5.95 Å². The van der Waals surface area contributed by atoms with Crippen LogP contribution < -0.4 is 20.1 Å². The maximum absolute atomic E-state index is 12.5. The summed E-state index contributed by atoms with van der Waals surface area (Å²) in [5.74, 6) is 1.12. The van der Waals surface area contributed by atoms with Crippen LogP contribution in [0.2, 0.25) is 5.02 Å². The van der Waals surface area contributed by atoms with Crippen molar-refractivity contribution in [2.75, 3.05) is 24.9 Å². The predicted octanol–water partition coefficient (Wildman–Crippen LogP) is 4.45. The summed E-state index contributed by atoms with van der Waals surface area (Å²) in [4.78, 5) is 20.9. The Hall–Kier alpha value is -3.32. The highest BCUT2D eigenvalue weighted by Gasteiger charge is 2.12. The second-order valence-corrected chi connectivity index (χ2v) is 6.34. The molecule has 0 radical (unpaired) electrons. The van der Waals surface area contributed by atoms with Crippen LogP contribution in [0.1, 0.15) is 15.9 Å². The largest absolute Gasteiger partial charge is 0.497 e. The van der Waals surface area contributed by atoms with Gasteiger partial charge in [-0.1, -0.05) is 17.7 Å². The minimum absolute atomic E-state index is 0.304. The number of ether oxygens (including phenoxy) is 2. The number of benzene rings is 2. The summed E-state index contributed by atoms with van der Waals surface area (Å²) in [6.07, 6.45) is 2.88. The van der Waals surface area contributed by atoms with Gasteiger partial charge in [-0.05, 0) is 36.8 Å². The molecule has 2 aromatic carbocycles. The molecule has 0 bridgehead atoms. The normalized spacial score (nSPS) is 10.3. The number of methoxy groups -OCH3 is 2. The molecule has 144 valence electrons. The van der Waals surface area contributed by atoms with Crippen LogP contribution in [0, 0.1) is 6.92 Å². The molecule has 0 aliphatic heterocycles. The lowest BCUT2D eigenvalue weighted by Crippen LogP contribution is -2.14. The number of nitrogens with one attached hydrogen (secondary N) is 2. The van der Waals surface area contributed by atoms with E-state index in [2.05, 4.69) is 20.6 Å². The summed E-state index contributed by atoms with van der Waals surface area (Å²) >= 11 is 6.02. The first-order chi connectivity index (χ1) is 13.5. The summed E-state index contributed by atoms with van der Waals surface area (Å²) < 4.78 is 10.4. The van der Waals surface area contributed by atoms with E-state index in [-0.39, 0.29) is 5.91 Å². The topological polar surface area (TPSA) is 85.4 Å². The number of carbonyl (C=O) groups excluding carboxylic acids is 1. The molecule has 3 rings (SSSR count). The van der Waals surface area contributed by atoms with Crippen LogP contribution in [0.4, 0.5) is 17.3 Å². The van der Waals surface area contributed by atoms with E-state index < -0.39 is 0 Å². The molecule has 2 N–H and O–H groups in total. The van der Waals surface area contributed by atoms with Gasteiger partial charge in [-0.2, -0.15) is 0 Å². The number of halogens is 1. The molecule has 1 heterocycles. The number of nitrogens with zero attached hydrogens (tertiary/aromatic N) is 2. The van der Waals surface area contributed by atoms with E-state index in [1.54, 1.807) is 31.4 Å². The average molecular weight is 399 g/mol. The Morgan fingerprint density at radius 2 is 1.75 bits per heavy atom. The highest BCUT2D eigenvalue weighted by Crippen LogP contribution is 2.29. The van der Waals surface area contributed by atoms with E-state index in [0.29, 0.717) is 33.7 Å². The Bertz CT molecular complexity index is 993. The van der Waals surface area contributed by atoms with E-state index in [4.69, 9.17) is 21.1 Å². The number of aromatic nitrogens is 2. The number of hydrogen-bond acceptors (Lipinski definition) is 6. The van der Waals surface area contributed by atoms with Gasteiger partial charge >= 0.3 is 0 Å². The van der Waals surface area contributed by atoms with Gasteiger partial charge in [0.15, 0.2) is 0 Å². The zero-order valence-electron chi connectivity index (χ0n) is 15.6. The summed E-state index contributed by atoms with van der Waals surface area (Å²) in [7, 11) is 3.08. The summed E-state index contributed by atoms with van der Waals surface area (Å²) in [6, 6.07) is 10.6. The zero-order valence-corrected chi connectivity index (χ0v) is 16.4. The van der Waals surface area contributed by atoms with Crippen LogP contribution in [0.25, 0.3) is 0 Å². The standard InChI is InChI=1S/C20H19ClN4O3/c1-12-4-5-14(21)8-16(12)25-20-22-10-13(11-23-20)19(26)24-17-9-15(27-2)6-7-18(17)28-3/h4-11H,1-3H3,(H,24,26)(H,22,23,25). The molecule has 0 atom stereocenters. The summed E-state index contributed by atoms with van der Waals surface area (Å²) in [6.45, 7) is 1.95. The van der Waals surface area contributed by atoms with E-state index in [1.165, 1.54) is 19.5 Å². The number of carbonyl (C=O) groups is 1. The molecule has 1 aromatic heterocycles. The van der Waals surface area contributed by atoms with Crippen molar-refractivity contribution in [3.05, 3.63) is 64.9 Å². The fourth-order valence-corrected chi connectivity index (χ4v) is 2.64. The van der Waals surface area contributed by atoms with Crippen LogP contribution in [-0.2, 0) is 0 Å². The molecule has 0 saturated heterocycles. The van der Waals surface area contributed by atoms with Gasteiger partial charge in [-0.25, -0.2) is 9.97 Å². The van der Waals surface area contributed by atoms with Gasteiger partial charge in [0, 0.05) is 29.2 Å². The molecule has 0 saturated carbocycles. The predicted molar refractivity (Wildman–Crippen MR) is 109 cm³/mol. The zero-order chi connectivity index (χ0) is 20.1. The SMILES string of the molecule is COc1ccc(OC)c(NC(=O)c2cnc(Nc3cc(Cl)ccc3C)nc2)c1. The maximum atomic E-state index is 12.5. The van der Waals surface area contributed by atoms with Crippen LogP contribution in [-0.4, -0.2) is 30.1 Å². The fourth-order valence-electron chi connectivity index (χ4n) is 2.47. The Morgan fingerprint density at radius 3 is 2.43 bits per heavy atom. The van der Waals surface area contributed by atoms with Crippen molar-refractivity contribution in [3.63, 3.8) is 0 Å². The fraction of sp³-hybridized carbons (Fsp3) is 0.150. The molecular formula is C20H19ClN4O3. The highest BCUT2D eigenvalue weighted by molar-refractivity contribution is 6.30. The molecule has 28 heavy (non-hydrogen) atoms. The third kappa shape index (κ3) is 4.50. The smallest absolute Gasteiger partial charge is 0.258 e. The lowest BCUT2D eigenvalue weighted by atomic mass is 10.2. The molecule has 3 aromatic rings. The first kappa shape index (κ1) is 19.4. The van der Waals surface area contributed by atoms with E-state index in [1.807, 2.05) is 19.1 Å². The summed E-state index contributed by atoms with van der Waals surface area (Å²) in [5, 5.41) is 6.47. The van der Waals surface area contributed by atoms with E-state index in [0.717, 1.165) is 11.3 Å². The number of rotatable bonds is 6. The number of hydrogen-bond donors (Lipinski definition) is 2. The van der Waals surface area contributed by atoms with Crippen molar-refractivity contribution < 1.29 is 14.3 Å². The van der Waals surface area contributed by atoms with Crippen LogP contribution >= 0.6 is 11.6 Å². The maximum Gasteiger partial charge on any atom is 0.258 e. The molecule has 0 spiro atoms. The molecule has 1 amide bonds. The highest BCUT2D eigenvalue weighted by atomic mass is 35.5. The van der Waals surface area contributed by atoms with Crippen molar-refractivity contribution >= 4 is 34.8 Å². The molecule has 0 unspecified atom stereocenters. The second-order valence-electron chi connectivity index (χ2n) is 5.90. The van der Waals surface area contributed by atoms with Crippen molar-refractivity contribution in [2.45, 2.75) is 6.92 Å². The summed E-state index contributed by atoms with van der Waals surface area (Å²) in [5.41, 5.74) is 2.59. The van der Waals surface area contributed by atoms with Crippen molar-refractivity contribution in [1.82, 2.24) is 9.97 Å².